The first-order chi connectivity index (χ1) is 16.0. The zero-order valence-electron chi connectivity index (χ0n) is 21.9. The molecule has 0 heterocycles. The van der Waals surface area contributed by atoms with Gasteiger partial charge < -0.3 is 26.4 Å². The summed E-state index contributed by atoms with van der Waals surface area (Å²) in [4.78, 5) is 0. The maximum Gasteiger partial charge on any atom is 0.0651 e. The minimum Gasteiger partial charge on any atom is -0.396 e. The second-order valence-corrected chi connectivity index (χ2v) is 11.4. The van der Waals surface area contributed by atoms with Crippen LogP contribution in [-0.4, -0.2) is 47.7 Å². The molecule has 0 saturated heterocycles. The first-order valence-electron chi connectivity index (χ1n) is 14.3. The Morgan fingerprint density at radius 3 is 1.42 bits per heavy atom. The van der Waals surface area contributed by atoms with Gasteiger partial charge in [-0.15, -0.1) is 0 Å². The summed E-state index contributed by atoms with van der Waals surface area (Å²) in [7, 11) is 0. The number of hydrogen-bond acceptors (Lipinski definition) is 5. The van der Waals surface area contributed by atoms with Crippen LogP contribution in [-0.2, 0) is 4.74 Å². The maximum atomic E-state index is 9.08. The van der Waals surface area contributed by atoms with Gasteiger partial charge in [0, 0.05) is 24.3 Å². The Bertz CT molecular complexity index is 471. The van der Waals surface area contributed by atoms with Crippen molar-refractivity contribution in [1.82, 2.24) is 0 Å². The highest BCUT2D eigenvalue weighted by atomic mass is 16.5. The number of nitrogens with two attached hydrogens (primary N) is 2. The summed E-state index contributed by atoms with van der Waals surface area (Å²) in [6, 6.07) is 0. The van der Waals surface area contributed by atoms with E-state index >= 15 is 0 Å². The molecule has 5 nitrogen and oxygen atoms in total. The van der Waals surface area contributed by atoms with Crippen molar-refractivity contribution in [3.63, 3.8) is 0 Å². The fraction of sp³-hybridized carbons (Fsp3) is 1.00. The number of aliphatic hydroxyl groups excluding tert-OH is 2. The molecule has 33 heavy (non-hydrogen) atoms. The molecule has 0 aromatic rings. The van der Waals surface area contributed by atoms with E-state index in [1.165, 1.54) is 96.3 Å². The molecular formula is C28H56N2O3. The second-order valence-electron chi connectivity index (χ2n) is 11.4. The molecule has 4 saturated carbocycles. The fourth-order valence-corrected chi connectivity index (χ4v) is 5.06. The molecule has 0 atom stereocenters. The summed E-state index contributed by atoms with van der Waals surface area (Å²) in [6.45, 7) is 6.69. The van der Waals surface area contributed by atoms with Crippen LogP contribution < -0.4 is 11.5 Å². The Kier molecular flexibility index (Phi) is 13.2. The smallest absolute Gasteiger partial charge is 0.0651 e. The third kappa shape index (κ3) is 10.5. The van der Waals surface area contributed by atoms with E-state index in [1.54, 1.807) is 0 Å². The van der Waals surface area contributed by atoms with Gasteiger partial charge in [0.25, 0.3) is 0 Å². The molecule has 4 aliphatic carbocycles. The van der Waals surface area contributed by atoms with Gasteiger partial charge in [-0.3, -0.25) is 0 Å². The summed E-state index contributed by atoms with van der Waals surface area (Å²) < 4.78 is 5.82. The lowest BCUT2D eigenvalue weighted by Crippen LogP contribution is -2.49. The minimum absolute atomic E-state index is 0.0464. The van der Waals surface area contributed by atoms with Gasteiger partial charge in [-0.25, -0.2) is 0 Å². The molecule has 0 aromatic heterocycles. The molecule has 4 fully saturated rings. The molecule has 0 bridgehead atoms. The zero-order valence-corrected chi connectivity index (χ0v) is 21.9. The van der Waals surface area contributed by atoms with Crippen LogP contribution in [0.3, 0.4) is 0 Å². The molecular weight excluding hydrogens is 412 g/mol. The average molecular weight is 469 g/mol. The van der Waals surface area contributed by atoms with Gasteiger partial charge in [-0.2, -0.15) is 0 Å². The molecule has 5 heteroatoms. The van der Waals surface area contributed by atoms with E-state index in [1.807, 2.05) is 0 Å². The van der Waals surface area contributed by atoms with Crippen LogP contribution in [0.5, 0.6) is 0 Å². The SMILES string of the molecule is CCCCCCO.CCCCCCOCC(N)(C1CC1)C1CC1.NC(CO)(C1CC1)C1CC1. The van der Waals surface area contributed by atoms with Crippen LogP contribution in [0.15, 0.2) is 0 Å². The lowest BCUT2D eigenvalue weighted by atomic mass is 9.90. The Morgan fingerprint density at radius 2 is 1.06 bits per heavy atom. The number of rotatable bonds is 16. The van der Waals surface area contributed by atoms with Gasteiger partial charge in [-0.1, -0.05) is 52.4 Å². The quantitative estimate of drug-likeness (QED) is 0.234. The maximum absolute atomic E-state index is 9.08. The van der Waals surface area contributed by atoms with Crippen molar-refractivity contribution < 1.29 is 14.9 Å². The van der Waals surface area contributed by atoms with Crippen molar-refractivity contribution in [1.29, 1.82) is 0 Å². The van der Waals surface area contributed by atoms with Gasteiger partial charge in [0.2, 0.25) is 0 Å². The third-order valence-electron chi connectivity index (χ3n) is 8.13. The predicted octanol–water partition coefficient (Wildman–Crippen LogP) is 5.16. The molecule has 0 unspecified atom stereocenters. The predicted molar refractivity (Wildman–Crippen MR) is 138 cm³/mol. The van der Waals surface area contributed by atoms with Gasteiger partial charge >= 0.3 is 0 Å². The van der Waals surface area contributed by atoms with E-state index in [0.717, 1.165) is 31.5 Å². The fourth-order valence-electron chi connectivity index (χ4n) is 5.06. The Labute approximate surface area is 204 Å². The topological polar surface area (TPSA) is 102 Å². The van der Waals surface area contributed by atoms with Crippen molar-refractivity contribution in [2.24, 2.45) is 35.1 Å². The molecule has 196 valence electrons. The highest BCUT2D eigenvalue weighted by Crippen LogP contribution is 2.51. The largest absolute Gasteiger partial charge is 0.396 e. The van der Waals surface area contributed by atoms with Crippen LogP contribution in [0.25, 0.3) is 0 Å². The first kappa shape index (κ1) is 29.0. The summed E-state index contributed by atoms with van der Waals surface area (Å²) in [6.07, 6.45) is 20.2. The van der Waals surface area contributed by atoms with Crippen molar-refractivity contribution in [2.75, 3.05) is 26.4 Å². The van der Waals surface area contributed by atoms with Crippen LogP contribution in [0.2, 0.25) is 0 Å². The highest BCUT2D eigenvalue weighted by Gasteiger charge is 2.52. The zero-order chi connectivity index (χ0) is 24.2. The molecule has 0 aromatic carbocycles. The van der Waals surface area contributed by atoms with Gasteiger partial charge in [-0.05, 0) is 87.9 Å². The minimum atomic E-state index is -0.181. The standard InChI is InChI=1S/C14H27NO.C8H15NO.C6H14O/c1-2-3-4-5-10-16-11-14(15,12-6-7-12)13-8-9-13;9-8(5-10,6-1-2-6)7-3-4-7;1-2-3-4-5-6-7/h12-13H,2-11,15H2,1H3;6-7,10H,1-5,9H2;7H,2-6H2,1H3. The van der Waals surface area contributed by atoms with Crippen molar-refractivity contribution in [2.45, 2.75) is 128 Å². The number of ether oxygens (including phenoxy) is 1. The van der Waals surface area contributed by atoms with E-state index in [4.69, 9.17) is 26.4 Å². The summed E-state index contributed by atoms with van der Waals surface area (Å²) in [5, 5.41) is 17.4. The summed E-state index contributed by atoms with van der Waals surface area (Å²) >= 11 is 0. The van der Waals surface area contributed by atoms with E-state index in [0.29, 0.717) is 18.4 Å². The normalized spacial score (nSPS) is 20.5. The van der Waals surface area contributed by atoms with Gasteiger partial charge in [0.05, 0.1) is 13.2 Å². The van der Waals surface area contributed by atoms with Crippen molar-refractivity contribution in [3.05, 3.63) is 0 Å². The molecule has 0 radical (unpaired) electrons. The third-order valence-corrected chi connectivity index (χ3v) is 8.13. The summed E-state index contributed by atoms with van der Waals surface area (Å²) in [5.74, 6) is 2.83. The molecule has 4 rings (SSSR count). The number of aliphatic hydroxyl groups is 2. The number of hydrogen-bond donors (Lipinski definition) is 4. The first-order valence-corrected chi connectivity index (χ1v) is 14.3. The van der Waals surface area contributed by atoms with Crippen LogP contribution in [0.1, 0.15) is 117 Å². The summed E-state index contributed by atoms with van der Waals surface area (Å²) in [5.41, 5.74) is 12.4. The van der Waals surface area contributed by atoms with E-state index in [9.17, 15) is 0 Å². The van der Waals surface area contributed by atoms with E-state index < -0.39 is 0 Å². The van der Waals surface area contributed by atoms with E-state index in [2.05, 4.69) is 13.8 Å². The molecule has 0 spiro atoms. The Hall–Kier alpha value is -0.200. The Balaban J connectivity index is 0.000000194. The van der Waals surface area contributed by atoms with Crippen LogP contribution >= 0.6 is 0 Å². The molecule has 0 amide bonds. The Morgan fingerprint density at radius 1 is 0.636 bits per heavy atom. The van der Waals surface area contributed by atoms with Crippen molar-refractivity contribution in [3.8, 4) is 0 Å². The lowest BCUT2D eigenvalue weighted by molar-refractivity contribution is 0.0630. The molecule has 4 aliphatic rings. The van der Waals surface area contributed by atoms with Crippen LogP contribution in [0.4, 0.5) is 0 Å². The molecule has 0 aliphatic heterocycles. The monoisotopic (exact) mass is 468 g/mol. The lowest BCUT2D eigenvalue weighted by Gasteiger charge is -2.29. The van der Waals surface area contributed by atoms with Gasteiger partial charge in [0.15, 0.2) is 0 Å². The number of unbranched alkanes of at least 4 members (excludes halogenated alkanes) is 6. The molecule has 6 N–H and O–H groups in total. The van der Waals surface area contributed by atoms with E-state index in [-0.39, 0.29) is 17.7 Å². The van der Waals surface area contributed by atoms with Gasteiger partial charge in [0.1, 0.15) is 0 Å². The average Bonchev–Trinajstić information content (AvgIpc) is 3.66. The van der Waals surface area contributed by atoms with Crippen molar-refractivity contribution >= 4 is 0 Å². The highest BCUT2D eigenvalue weighted by molar-refractivity contribution is 5.08. The van der Waals surface area contributed by atoms with Crippen LogP contribution in [0, 0.1) is 23.7 Å². The second kappa shape index (κ2) is 15.0.